The van der Waals surface area contributed by atoms with E-state index in [2.05, 4.69) is 48.6 Å². The summed E-state index contributed by atoms with van der Waals surface area (Å²) in [5.74, 6) is 0.141. The highest BCUT2D eigenvalue weighted by atomic mass is 16.3. The van der Waals surface area contributed by atoms with Gasteiger partial charge in [-0.2, -0.15) is 0 Å². The molecule has 0 spiro atoms. The van der Waals surface area contributed by atoms with Gasteiger partial charge in [-0.15, -0.1) is 0 Å². The molecule has 3 rings (SSSR count). The van der Waals surface area contributed by atoms with Crippen molar-refractivity contribution in [1.29, 1.82) is 0 Å². The summed E-state index contributed by atoms with van der Waals surface area (Å²) in [5.41, 5.74) is 4.90. The maximum atomic E-state index is 9.70. The summed E-state index contributed by atoms with van der Waals surface area (Å²) >= 11 is 0. The third-order valence-corrected chi connectivity index (χ3v) is 3.79. The quantitative estimate of drug-likeness (QED) is 0.843. The van der Waals surface area contributed by atoms with Crippen LogP contribution in [0.2, 0.25) is 0 Å². The molecular weight excluding hydrogens is 222 g/mol. The molecule has 2 unspecified atom stereocenters. The fourth-order valence-electron chi connectivity index (χ4n) is 2.83. The van der Waals surface area contributed by atoms with Gasteiger partial charge >= 0.3 is 0 Å². The van der Waals surface area contributed by atoms with Crippen LogP contribution in [0.1, 0.15) is 28.7 Å². The van der Waals surface area contributed by atoms with Crippen LogP contribution >= 0.6 is 0 Å². The summed E-state index contributed by atoms with van der Waals surface area (Å²) in [6, 6.07) is 16.8. The summed E-state index contributed by atoms with van der Waals surface area (Å²) in [6.07, 6.45) is 0. The molecule has 0 amide bonds. The third kappa shape index (κ3) is 1.70. The molecule has 0 saturated carbocycles. The molecule has 92 valence electrons. The second-order valence-corrected chi connectivity index (χ2v) is 4.85. The Bertz CT molecular complexity index is 565. The lowest BCUT2D eigenvalue weighted by Crippen LogP contribution is -2.15. The van der Waals surface area contributed by atoms with Crippen LogP contribution in [0.15, 0.2) is 48.5 Å². The number of rotatable bonds is 2. The molecule has 1 heterocycles. The highest BCUT2D eigenvalue weighted by molar-refractivity contribution is 5.61. The number of aliphatic hydroxyl groups is 1. The minimum absolute atomic E-state index is 0.141. The van der Waals surface area contributed by atoms with Crippen LogP contribution in [-0.2, 0) is 0 Å². The smallest absolute Gasteiger partial charge is 0.0607 e. The number of aliphatic hydroxyl groups excluding tert-OH is 1. The van der Waals surface area contributed by atoms with Gasteiger partial charge in [0.25, 0.3) is 0 Å². The zero-order chi connectivity index (χ0) is 12.5. The summed E-state index contributed by atoms with van der Waals surface area (Å²) in [7, 11) is 0. The first-order chi connectivity index (χ1) is 8.81. The molecule has 1 aliphatic heterocycles. The van der Waals surface area contributed by atoms with Crippen LogP contribution in [0.3, 0.4) is 0 Å². The minimum Gasteiger partial charge on any atom is -0.396 e. The topological polar surface area (TPSA) is 32.3 Å². The van der Waals surface area contributed by atoms with E-state index in [1.54, 1.807) is 0 Å². The van der Waals surface area contributed by atoms with Gasteiger partial charge < -0.3 is 10.4 Å². The van der Waals surface area contributed by atoms with Gasteiger partial charge in [-0.05, 0) is 29.7 Å². The van der Waals surface area contributed by atoms with E-state index in [1.165, 1.54) is 16.7 Å². The van der Waals surface area contributed by atoms with Crippen molar-refractivity contribution in [3.63, 3.8) is 0 Å². The van der Waals surface area contributed by atoms with Crippen molar-refractivity contribution >= 4 is 5.69 Å². The second kappa shape index (κ2) is 4.46. The van der Waals surface area contributed by atoms with E-state index in [4.69, 9.17) is 0 Å². The van der Waals surface area contributed by atoms with Crippen LogP contribution in [0.25, 0.3) is 0 Å². The fourth-order valence-corrected chi connectivity index (χ4v) is 2.83. The van der Waals surface area contributed by atoms with Crippen molar-refractivity contribution in [3.8, 4) is 0 Å². The van der Waals surface area contributed by atoms with Crippen molar-refractivity contribution in [2.45, 2.75) is 18.9 Å². The molecule has 2 nitrogen and oxygen atoms in total. The Kier molecular flexibility index (Phi) is 2.80. The average molecular weight is 239 g/mol. The molecule has 1 aliphatic rings. The molecule has 0 fully saturated rings. The van der Waals surface area contributed by atoms with Crippen LogP contribution in [0, 0.1) is 6.92 Å². The maximum Gasteiger partial charge on any atom is 0.0607 e. The van der Waals surface area contributed by atoms with Crippen LogP contribution in [0.4, 0.5) is 5.69 Å². The van der Waals surface area contributed by atoms with Gasteiger partial charge in [0.1, 0.15) is 0 Å². The van der Waals surface area contributed by atoms with Crippen LogP contribution in [-0.4, -0.2) is 11.7 Å². The van der Waals surface area contributed by atoms with Gasteiger partial charge in [0.15, 0.2) is 0 Å². The average Bonchev–Trinajstić information content (AvgIpc) is 2.77. The Morgan fingerprint density at radius 2 is 1.67 bits per heavy atom. The number of hydrogen-bond acceptors (Lipinski definition) is 2. The molecule has 0 radical (unpaired) electrons. The molecule has 18 heavy (non-hydrogen) atoms. The molecule has 2 N–H and O–H groups in total. The van der Waals surface area contributed by atoms with E-state index in [1.807, 2.05) is 12.1 Å². The lowest BCUT2D eigenvalue weighted by atomic mass is 9.89. The summed E-state index contributed by atoms with van der Waals surface area (Å²) < 4.78 is 0. The molecule has 2 aromatic rings. The molecule has 2 aromatic carbocycles. The monoisotopic (exact) mass is 239 g/mol. The Hall–Kier alpha value is -1.80. The predicted octanol–water partition coefficient (Wildman–Crippen LogP) is 3.24. The Morgan fingerprint density at radius 3 is 2.39 bits per heavy atom. The Labute approximate surface area is 107 Å². The van der Waals surface area contributed by atoms with Crippen molar-refractivity contribution < 1.29 is 5.11 Å². The highest BCUT2D eigenvalue weighted by Gasteiger charge is 2.32. The number of benzene rings is 2. The molecule has 2 heteroatoms. The predicted molar refractivity (Wildman–Crippen MR) is 73.8 cm³/mol. The number of anilines is 1. The normalized spacial score (nSPS) is 21.4. The van der Waals surface area contributed by atoms with Crippen LogP contribution < -0.4 is 5.32 Å². The van der Waals surface area contributed by atoms with E-state index < -0.39 is 0 Å². The fraction of sp³-hybridized carbons (Fsp3) is 0.250. The first kappa shape index (κ1) is 11.3. The number of nitrogens with one attached hydrogen (secondary N) is 1. The summed E-state index contributed by atoms with van der Waals surface area (Å²) in [5, 5.41) is 13.2. The van der Waals surface area contributed by atoms with Gasteiger partial charge in [-0.3, -0.25) is 0 Å². The SMILES string of the molecule is Cc1ccccc1C1Nc2ccccc2C1CO. The second-order valence-electron chi connectivity index (χ2n) is 4.85. The summed E-state index contributed by atoms with van der Waals surface area (Å²) in [6.45, 7) is 2.29. The van der Waals surface area contributed by atoms with Gasteiger partial charge in [-0.1, -0.05) is 42.5 Å². The first-order valence-electron chi connectivity index (χ1n) is 6.33. The molecule has 0 saturated heterocycles. The lowest BCUT2D eigenvalue weighted by Gasteiger charge is -2.20. The minimum atomic E-state index is 0.141. The Balaban J connectivity index is 2.04. The molecule has 0 aromatic heterocycles. The largest absolute Gasteiger partial charge is 0.396 e. The number of para-hydroxylation sites is 1. The van der Waals surface area contributed by atoms with E-state index >= 15 is 0 Å². The van der Waals surface area contributed by atoms with Crippen molar-refractivity contribution in [2.75, 3.05) is 11.9 Å². The third-order valence-electron chi connectivity index (χ3n) is 3.79. The number of aryl methyl sites for hydroxylation is 1. The number of fused-ring (bicyclic) bond motifs is 1. The van der Waals surface area contributed by atoms with Crippen LogP contribution in [0.5, 0.6) is 0 Å². The maximum absolute atomic E-state index is 9.70. The van der Waals surface area contributed by atoms with Gasteiger partial charge in [0, 0.05) is 11.6 Å². The van der Waals surface area contributed by atoms with Crippen molar-refractivity contribution in [1.82, 2.24) is 0 Å². The Morgan fingerprint density at radius 1 is 1.00 bits per heavy atom. The molecule has 2 atom stereocenters. The molecule has 0 bridgehead atoms. The highest BCUT2D eigenvalue weighted by Crippen LogP contribution is 2.44. The van der Waals surface area contributed by atoms with E-state index in [9.17, 15) is 5.11 Å². The van der Waals surface area contributed by atoms with Crippen molar-refractivity contribution in [2.24, 2.45) is 0 Å². The van der Waals surface area contributed by atoms with E-state index in [-0.39, 0.29) is 18.6 Å². The standard InChI is InChI=1S/C16H17NO/c1-11-6-2-3-7-12(11)16-14(10-18)13-8-4-5-9-15(13)17-16/h2-9,14,16-18H,10H2,1H3. The summed E-state index contributed by atoms with van der Waals surface area (Å²) in [4.78, 5) is 0. The van der Waals surface area contributed by atoms with Gasteiger partial charge in [0.05, 0.1) is 12.6 Å². The van der Waals surface area contributed by atoms with E-state index in [0.29, 0.717) is 0 Å². The molecular formula is C16H17NO. The van der Waals surface area contributed by atoms with Gasteiger partial charge in [0.2, 0.25) is 0 Å². The first-order valence-corrected chi connectivity index (χ1v) is 6.33. The zero-order valence-electron chi connectivity index (χ0n) is 10.4. The van der Waals surface area contributed by atoms with Gasteiger partial charge in [-0.25, -0.2) is 0 Å². The zero-order valence-corrected chi connectivity index (χ0v) is 10.4. The number of hydrogen-bond donors (Lipinski definition) is 2. The lowest BCUT2D eigenvalue weighted by molar-refractivity contribution is 0.258. The molecule has 0 aliphatic carbocycles. The van der Waals surface area contributed by atoms with E-state index in [0.717, 1.165) is 5.69 Å². The van der Waals surface area contributed by atoms with Crippen molar-refractivity contribution in [3.05, 3.63) is 65.2 Å².